The molecule has 2 rings (SSSR count). The Morgan fingerprint density at radius 1 is 1.00 bits per heavy atom. The van der Waals surface area contributed by atoms with Crippen LogP contribution in [0, 0.1) is 5.92 Å². The maximum absolute atomic E-state index is 11.9. The molecule has 0 aliphatic carbocycles. The van der Waals surface area contributed by atoms with Crippen molar-refractivity contribution in [2.75, 3.05) is 13.2 Å². The normalized spacial score (nSPS) is 13.5. The molecule has 0 aromatic heterocycles. The van der Waals surface area contributed by atoms with Crippen LogP contribution in [-0.2, 0) is 9.53 Å². The average molecular weight is 328 g/mol. The van der Waals surface area contributed by atoms with Crippen molar-refractivity contribution in [1.29, 1.82) is 0 Å². The summed E-state index contributed by atoms with van der Waals surface area (Å²) < 4.78 is 4.95. The van der Waals surface area contributed by atoms with Crippen LogP contribution < -0.4 is 0 Å². The molecule has 24 heavy (non-hydrogen) atoms. The molecule has 4 heteroatoms. The predicted molar refractivity (Wildman–Crippen MR) is 92.6 cm³/mol. The first-order chi connectivity index (χ1) is 11.7. The zero-order valence-corrected chi connectivity index (χ0v) is 13.8. The highest BCUT2D eigenvalue weighted by Crippen LogP contribution is 2.31. The number of hydrogen-bond donors (Lipinski definition) is 2. The number of benzene rings is 2. The van der Waals surface area contributed by atoms with E-state index < -0.39 is 24.6 Å². The Morgan fingerprint density at radius 2 is 1.50 bits per heavy atom. The van der Waals surface area contributed by atoms with Crippen molar-refractivity contribution in [3.05, 3.63) is 71.8 Å². The summed E-state index contributed by atoms with van der Waals surface area (Å²) in [4.78, 5) is 11.9. The second-order valence-corrected chi connectivity index (χ2v) is 5.72. The van der Waals surface area contributed by atoms with E-state index in [0.717, 1.165) is 11.1 Å². The van der Waals surface area contributed by atoms with Crippen molar-refractivity contribution in [2.45, 2.75) is 25.4 Å². The van der Waals surface area contributed by atoms with E-state index in [9.17, 15) is 15.0 Å². The number of rotatable bonds is 8. The molecule has 2 aromatic carbocycles. The molecule has 0 heterocycles. The van der Waals surface area contributed by atoms with Crippen molar-refractivity contribution in [3.63, 3.8) is 0 Å². The fourth-order valence-corrected chi connectivity index (χ4v) is 2.84. The molecule has 2 N–H and O–H groups in total. The summed E-state index contributed by atoms with van der Waals surface area (Å²) in [6, 6.07) is 19.7. The number of ether oxygens (including phenoxy) is 1. The van der Waals surface area contributed by atoms with E-state index >= 15 is 0 Å². The molecule has 0 aliphatic rings. The first-order valence-corrected chi connectivity index (χ1v) is 8.22. The van der Waals surface area contributed by atoms with Gasteiger partial charge in [0.05, 0.1) is 19.3 Å². The number of carbonyl (C=O) groups is 1. The van der Waals surface area contributed by atoms with Crippen LogP contribution in [0.5, 0.6) is 0 Å². The van der Waals surface area contributed by atoms with Gasteiger partial charge in [0, 0.05) is 5.92 Å². The molecule has 0 saturated carbocycles. The number of aliphatic hydroxyl groups excluding tert-OH is 2. The Morgan fingerprint density at radius 3 is 1.92 bits per heavy atom. The molecule has 0 fully saturated rings. The minimum absolute atomic E-state index is 0.0640. The smallest absolute Gasteiger partial charge is 0.313 e. The van der Waals surface area contributed by atoms with Crippen LogP contribution in [0.1, 0.15) is 30.4 Å². The molecule has 128 valence electrons. The summed E-state index contributed by atoms with van der Waals surface area (Å²) in [5, 5.41) is 20.0. The lowest BCUT2D eigenvalue weighted by Gasteiger charge is -2.25. The summed E-state index contributed by atoms with van der Waals surface area (Å²) in [6.07, 6.45) is -0.655. The summed E-state index contributed by atoms with van der Waals surface area (Å²) in [5.41, 5.74) is 2.12. The lowest BCUT2D eigenvalue weighted by atomic mass is 9.84. The maximum atomic E-state index is 11.9. The quantitative estimate of drug-likeness (QED) is 0.731. The van der Waals surface area contributed by atoms with Crippen molar-refractivity contribution in [2.24, 2.45) is 5.92 Å². The SMILES string of the molecule is CCOC(=O)[C@@H](CO)[C@@H](O)CC(c1ccccc1)c1ccccc1. The van der Waals surface area contributed by atoms with Gasteiger partial charge in [-0.1, -0.05) is 60.7 Å². The Bertz CT molecular complexity index is 573. The summed E-state index contributed by atoms with van der Waals surface area (Å²) in [5.74, 6) is -1.56. The predicted octanol–water partition coefficient (Wildman–Crippen LogP) is 2.74. The van der Waals surface area contributed by atoms with Gasteiger partial charge >= 0.3 is 5.97 Å². The summed E-state index contributed by atoms with van der Waals surface area (Å²) in [7, 11) is 0. The number of esters is 1. The van der Waals surface area contributed by atoms with E-state index in [2.05, 4.69) is 0 Å². The lowest BCUT2D eigenvalue weighted by Crippen LogP contribution is -2.34. The van der Waals surface area contributed by atoms with Gasteiger partial charge in [0.2, 0.25) is 0 Å². The van der Waals surface area contributed by atoms with Crippen molar-refractivity contribution < 1.29 is 19.7 Å². The van der Waals surface area contributed by atoms with E-state index in [0.29, 0.717) is 6.42 Å². The van der Waals surface area contributed by atoms with Crippen LogP contribution in [0.15, 0.2) is 60.7 Å². The van der Waals surface area contributed by atoms with E-state index in [4.69, 9.17) is 4.74 Å². The average Bonchev–Trinajstić information content (AvgIpc) is 2.62. The van der Waals surface area contributed by atoms with Crippen LogP contribution in [0.2, 0.25) is 0 Å². The standard InChI is InChI=1S/C20H24O4/c1-2-24-20(23)18(14-21)19(22)13-17(15-9-5-3-6-10-15)16-11-7-4-8-12-16/h3-12,17-19,21-22H,2,13-14H2,1H3/t18-,19-/m0/s1. The highest BCUT2D eigenvalue weighted by Gasteiger charge is 2.30. The van der Waals surface area contributed by atoms with Crippen molar-refractivity contribution in [1.82, 2.24) is 0 Å². The van der Waals surface area contributed by atoms with Gasteiger partial charge in [0.1, 0.15) is 5.92 Å². The fourth-order valence-electron chi connectivity index (χ4n) is 2.84. The summed E-state index contributed by atoms with van der Waals surface area (Å²) in [6.45, 7) is 1.49. The largest absolute Gasteiger partial charge is 0.466 e. The number of hydrogen-bond acceptors (Lipinski definition) is 4. The van der Waals surface area contributed by atoms with Crippen molar-refractivity contribution >= 4 is 5.97 Å². The van der Waals surface area contributed by atoms with Crippen LogP contribution in [0.3, 0.4) is 0 Å². The minimum Gasteiger partial charge on any atom is -0.466 e. The minimum atomic E-state index is -0.987. The zero-order chi connectivity index (χ0) is 17.4. The Hall–Kier alpha value is -2.17. The molecular weight excluding hydrogens is 304 g/mol. The van der Waals surface area contributed by atoms with Gasteiger partial charge in [-0.3, -0.25) is 4.79 Å². The molecule has 0 saturated heterocycles. The van der Waals surface area contributed by atoms with Crippen LogP contribution in [0.4, 0.5) is 0 Å². The fraction of sp³-hybridized carbons (Fsp3) is 0.350. The molecule has 0 bridgehead atoms. The third kappa shape index (κ3) is 4.66. The molecule has 2 aromatic rings. The molecule has 4 nitrogen and oxygen atoms in total. The first-order valence-electron chi connectivity index (χ1n) is 8.22. The van der Waals surface area contributed by atoms with Gasteiger partial charge in [-0.25, -0.2) is 0 Å². The highest BCUT2D eigenvalue weighted by molar-refractivity contribution is 5.73. The zero-order valence-electron chi connectivity index (χ0n) is 13.8. The van der Waals surface area contributed by atoms with Gasteiger partial charge < -0.3 is 14.9 Å². The van der Waals surface area contributed by atoms with Crippen molar-refractivity contribution in [3.8, 4) is 0 Å². The van der Waals surface area contributed by atoms with Crippen LogP contribution >= 0.6 is 0 Å². The van der Waals surface area contributed by atoms with Gasteiger partial charge in [-0.2, -0.15) is 0 Å². The molecule has 0 amide bonds. The lowest BCUT2D eigenvalue weighted by molar-refractivity contribution is -0.154. The van der Waals surface area contributed by atoms with E-state index in [-0.39, 0.29) is 12.5 Å². The third-order valence-electron chi connectivity index (χ3n) is 4.13. The number of aliphatic hydroxyl groups is 2. The van der Waals surface area contributed by atoms with Crippen LogP contribution in [0.25, 0.3) is 0 Å². The van der Waals surface area contributed by atoms with Gasteiger partial charge in [-0.05, 0) is 24.5 Å². The van der Waals surface area contributed by atoms with E-state index in [1.54, 1.807) is 6.92 Å². The Balaban J connectivity index is 2.23. The number of carbonyl (C=O) groups excluding carboxylic acids is 1. The second kappa shape index (κ2) is 9.21. The molecule has 0 unspecified atom stereocenters. The van der Waals surface area contributed by atoms with Gasteiger partial charge in [-0.15, -0.1) is 0 Å². The Kier molecular flexibility index (Phi) is 6.97. The molecular formula is C20H24O4. The summed E-state index contributed by atoms with van der Waals surface area (Å²) >= 11 is 0. The molecule has 0 spiro atoms. The second-order valence-electron chi connectivity index (χ2n) is 5.72. The van der Waals surface area contributed by atoms with Gasteiger partial charge in [0.25, 0.3) is 0 Å². The first kappa shape index (κ1) is 18.2. The molecule has 0 radical (unpaired) electrons. The topological polar surface area (TPSA) is 66.8 Å². The van der Waals surface area contributed by atoms with Crippen LogP contribution in [-0.4, -0.2) is 35.5 Å². The van der Waals surface area contributed by atoms with Gasteiger partial charge in [0.15, 0.2) is 0 Å². The Labute approximate surface area is 142 Å². The molecule has 2 atom stereocenters. The third-order valence-corrected chi connectivity index (χ3v) is 4.13. The highest BCUT2D eigenvalue weighted by atomic mass is 16.5. The maximum Gasteiger partial charge on any atom is 0.313 e. The monoisotopic (exact) mass is 328 g/mol. The molecule has 0 aliphatic heterocycles. The van der Waals surface area contributed by atoms with E-state index in [1.165, 1.54) is 0 Å². The van der Waals surface area contributed by atoms with E-state index in [1.807, 2.05) is 60.7 Å².